The van der Waals surface area contributed by atoms with E-state index in [1.165, 1.54) is 33.2 Å². The van der Waals surface area contributed by atoms with Gasteiger partial charge in [0.05, 0.1) is 10.9 Å². The maximum absolute atomic E-state index is 10.00. The van der Waals surface area contributed by atoms with Crippen molar-refractivity contribution in [2.75, 3.05) is 0 Å². The fraction of sp³-hybridized carbons (Fsp3) is 0.286. The Morgan fingerprint density at radius 1 is 0.917 bits per heavy atom. The Morgan fingerprint density at radius 2 is 1.62 bits per heavy atom. The highest BCUT2D eigenvalue weighted by Crippen LogP contribution is 2.39. The van der Waals surface area contributed by atoms with Gasteiger partial charge in [0.15, 0.2) is 23.7 Å². The number of phenolic OH excluding ortho intramolecular Hbond substituents is 2. The molecule has 2 aromatic carbocycles. The van der Waals surface area contributed by atoms with Gasteiger partial charge in [0, 0.05) is 18.9 Å². The number of benzene rings is 2. The fourth-order valence-corrected chi connectivity index (χ4v) is 4.13. The SMILES string of the molecule is Cc1ccc2c(C)c3[n+](c(C)c2c1C)CCc1cc(O)c(O)cc1-3. The van der Waals surface area contributed by atoms with E-state index in [0.717, 1.165) is 29.8 Å². The Bertz CT molecular complexity index is 1020. The van der Waals surface area contributed by atoms with Gasteiger partial charge in [0.25, 0.3) is 0 Å². The normalized spacial score (nSPS) is 13.0. The van der Waals surface area contributed by atoms with Crippen molar-refractivity contribution in [1.82, 2.24) is 0 Å². The summed E-state index contributed by atoms with van der Waals surface area (Å²) < 4.78 is 2.36. The molecule has 3 aromatic rings. The molecule has 122 valence electrons. The second kappa shape index (κ2) is 4.97. The molecule has 2 N–H and O–H groups in total. The minimum Gasteiger partial charge on any atom is -0.504 e. The lowest BCUT2D eigenvalue weighted by atomic mass is 9.89. The summed E-state index contributed by atoms with van der Waals surface area (Å²) in [6.45, 7) is 9.58. The summed E-state index contributed by atoms with van der Waals surface area (Å²) in [5.41, 5.74) is 8.41. The number of fused-ring (bicyclic) bond motifs is 4. The summed E-state index contributed by atoms with van der Waals surface area (Å²) in [7, 11) is 0. The molecule has 1 aliphatic rings. The van der Waals surface area contributed by atoms with Crippen molar-refractivity contribution in [1.29, 1.82) is 0 Å². The van der Waals surface area contributed by atoms with Gasteiger partial charge in [-0.05, 0) is 55.0 Å². The van der Waals surface area contributed by atoms with E-state index >= 15 is 0 Å². The summed E-state index contributed by atoms with van der Waals surface area (Å²) in [5, 5.41) is 22.4. The number of aromatic nitrogens is 1. The maximum atomic E-state index is 10.00. The molecule has 3 heteroatoms. The Hall–Kier alpha value is -2.55. The van der Waals surface area contributed by atoms with Gasteiger partial charge in [-0.15, -0.1) is 0 Å². The lowest BCUT2D eigenvalue weighted by Gasteiger charge is -2.21. The second-order valence-corrected chi connectivity index (χ2v) is 6.89. The monoisotopic (exact) mass is 320 g/mol. The number of hydrogen-bond donors (Lipinski definition) is 2. The van der Waals surface area contributed by atoms with Crippen molar-refractivity contribution < 1.29 is 14.8 Å². The van der Waals surface area contributed by atoms with Crippen molar-refractivity contribution in [3.05, 3.63) is 52.2 Å². The summed E-state index contributed by atoms with van der Waals surface area (Å²) in [4.78, 5) is 0. The predicted molar refractivity (Wildman–Crippen MR) is 95.6 cm³/mol. The fourth-order valence-electron chi connectivity index (χ4n) is 4.13. The van der Waals surface area contributed by atoms with Crippen molar-refractivity contribution >= 4 is 10.8 Å². The van der Waals surface area contributed by atoms with Crippen LogP contribution in [0.2, 0.25) is 0 Å². The Kier molecular flexibility index (Phi) is 3.11. The van der Waals surface area contributed by atoms with Gasteiger partial charge in [0.1, 0.15) is 0 Å². The molecule has 4 rings (SSSR count). The molecule has 0 bridgehead atoms. The number of rotatable bonds is 0. The lowest BCUT2D eigenvalue weighted by molar-refractivity contribution is -0.692. The second-order valence-electron chi connectivity index (χ2n) is 6.89. The largest absolute Gasteiger partial charge is 0.504 e. The van der Waals surface area contributed by atoms with Gasteiger partial charge >= 0.3 is 0 Å². The topological polar surface area (TPSA) is 44.3 Å². The summed E-state index contributed by atoms with van der Waals surface area (Å²) in [5.74, 6) is -0.0942. The first-order valence-corrected chi connectivity index (χ1v) is 8.38. The Balaban J connectivity index is 2.16. The van der Waals surface area contributed by atoms with Crippen LogP contribution in [0.4, 0.5) is 0 Å². The molecule has 1 aliphatic heterocycles. The van der Waals surface area contributed by atoms with E-state index in [1.54, 1.807) is 12.1 Å². The molecule has 1 aromatic heterocycles. The standard InChI is InChI=1S/C21H21NO2/c1-11-5-6-16-13(3)21-17-10-19(24)18(23)9-15(17)7-8-22(21)14(4)20(16)12(11)2/h5-6,9-10,24H,7-8H2,1-4H3/p+1. The minimum absolute atomic E-state index is 0.0381. The smallest absolute Gasteiger partial charge is 0.216 e. The number of hydrogen-bond acceptors (Lipinski definition) is 2. The van der Waals surface area contributed by atoms with Crippen LogP contribution in [-0.4, -0.2) is 10.2 Å². The van der Waals surface area contributed by atoms with Crippen LogP contribution in [0.1, 0.15) is 27.9 Å². The van der Waals surface area contributed by atoms with Crippen LogP contribution in [0.15, 0.2) is 24.3 Å². The number of nitrogens with zero attached hydrogens (tertiary/aromatic N) is 1. The van der Waals surface area contributed by atoms with Crippen LogP contribution in [0.25, 0.3) is 22.0 Å². The van der Waals surface area contributed by atoms with Crippen molar-refractivity contribution in [3.8, 4) is 22.8 Å². The summed E-state index contributed by atoms with van der Waals surface area (Å²) in [6.07, 6.45) is 0.859. The van der Waals surface area contributed by atoms with E-state index in [2.05, 4.69) is 44.4 Å². The highest BCUT2D eigenvalue weighted by atomic mass is 16.3. The summed E-state index contributed by atoms with van der Waals surface area (Å²) >= 11 is 0. The molecule has 0 amide bonds. The minimum atomic E-state index is -0.0561. The van der Waals surface area contributed by atoms with Crippen LogP contribution in [0.3, 0.4) is 0 Å². The molecule has 0 atom stereocenters. The van der Waals surface area contributed by atoms with Crippen LogP contribution in [-0.2, 0) is 13.0 Å². The molecule has 0 fully saturated rings. The first-order valence-electron chi connectivity index (χ1n) is 8.38. The molecule has 0 spiro atoms. The van der Waals surface area contributed by atoms with E-state index < -0.39 is 0 Å². The van der Waals surface area contributed by atoms with E-state index in [-0.39, 0.29) is 11.5 Å². The molecular weight excluding hydrogens is 298 g/mol. The van der Waals surface area contributed by atoms with Crippen molar-refractivity contribution in [2.45, 2.75) is 40.7 Å². The average Bonchev–Trinajstić information content (AvgIpc) is 2.55. The van der Waals surface area contributed by atoms with Crippen molar-refractivity contribution in [3.63, 3.8) is 0 Å². The van der Waals surface area contributed by atoms with Gasteiger partial charge in [-0.1, -0.05) is 12.1 Å². The molecule has 2 heterocycles. The van der Waals surface area contributed by atoms with Gasteiger partial charge in [-0.25, -0.2) is 0 Å². The lowest BCUT2D eigenvalue weighted by Crippen LogP contribution is -2.44. The molecule has 3 nitrogen and oxygen atoms in total. The first kappa shape index (κ1) is 15.0. The predicted octanol–water partition coefficient (Wildman–Crippen LogP) is 4.00. The van der Waals surface area contributed by atoms with Crippen LogP contribution < -0.4 is 4.57 Å². The van der Waals surface area contributed by atoms with E-state index in [4.69, 9.17) is 0 Å². The third-order valence-electron chi connectivity index (χ3n) is 5.59. The van der Waals surface area contributed by atoms with Gasteiger partial charge in [0.2, 0.25) is 5.69 Å². The van der Waals surface area contributed by atoms with Crippen LogP contribution in [0, 0.1) is 27.7 Å². The van der Waals surface area contributed by atoms with Gasteiger partial charge in [-0.3, -0.25) is 0 Å². The van der Waals surface area contributed by atoms with Crippen LogP contribution in [0.5, 0.6) is 11.5 Å². The zero-order chi connectivity index (χ0) is 17.2. The maximum Gasteiger partial charge on any atom is 0.216 e. The molecule has 0 saturated carbocycles. The van der Waals surface area contributed by atoms with Gasteiger partial charge < -0.3 is 10.2 Å². The Labute approximate surface area is 141 Å². The number of pyridine rings is 1. The molecular formula is C21H22NO2+. The van der Waals surface area contributed by atoms with E-state index in [0.29, 0.717) is 0 Å². The first-order chi connectivity index (χ1) is 11.4. The Morgan fingerprint density at radius 3 is 2.38 bits per heavy atom. The number of aryl methyl sites for hydroxylation is 5. The average molecular weight is 320 g/mol. The van der Waals surface area contributed by atoms with E-state index in [1.807, 2.05) is 0 Å². The number of phenols is 2. The van der Waals surface area contributed by atoms with Crippen molar-refractivity contribution in [2.24, 2.45) is 0 Å². The van der Waals surface area contributed by atoms with E-state index in [9.17, 15) is 10.2 Å². The summed E-state index contributed by atoms with van der Waals surface area (Å²) in [6, 6.07) is 7.79. The molecule has 24 heavy (non-hydrogen) atoms. The quantitative estimate of drug-likeness (QED) is 0.486. The molecule has 0 radical (unpaired) electrons. The van der Waals surface area contributed by atoms with Gasteiger partial charge in [-0.2, -0.15) is 4.57 Å². The van der Waals surface area contributed by atoms with Crippen LogP contribution >= 0.6 is 0 Å². The zero-order valence-corrected chi connectivity index (χ0v) is 14.6. The number of aromatic hydroxyl groups is 2. The highest BCUT2D eigenvalue weighted by molar-refractivity contribution is 5.93. The molecule has 0 unspecified atom stereocenters. The highest BCUT2D eigenvalue weighted by Gasteiger charge is 2.30. The zero-order valence-electron chi connectivity index (χ0n) is 14.6. The molecule has 0 aliphatic carbocycles. The molecule has 0 saturated heterocycles. The third-order valence-corrected chi connectivity index (χ3v) is 5.59. The third kappa shape index (κ3) is 1.87.